The van der Waals surface area contributed by atoms with Gasteiger partial charge in [-0.25, -0.2) is 0 Å². The molecular formula is C17H25NO. The van der Waals surface area contributed by atoms with Crippen LogP contribution in [0.1, 0.15) is 51.2 Å². The summed E-state index contributed by atoms with van der Waals surface area (Å²) in [5.41, 5.74) is 2.19. The van der Waals surface area contributed by atoms with Gasteiger partial charge in [-0.05, 0) is 62.9 Å². The summed E-state index contributed by atoms with van der Waals surface area (Å²) in [6, 6.07) is 5.91. The van der Waals surface area contributed by atoms with Gasteiger partial charge < -0.3 is 5.11 Å². The molecule has 1 aromatic carbocycles. The van der Waals surface area contributed by atoms with E-state index in [4.69, 9.17) is 0 Å². The van der Waals surface area contributed by atoms with Crippen molar-refractivity contribution < 1.29 is 5.11 Å². The summed E-state index contributed by atoms with van der Waals surface area (Å²) in [4.78, 5) is 2.50. The highest BCUT2D eigenvalue weighted by atomic mass is 16.3. The monoisotopic (exact) mass is 259 g/mol. The molecule has 19 heavy (non-hydrogen) atoms. The number of phenolic OH excluding ortho intramolecular Hbond substituents is 1. The van der Waals surface area contributed by atoms with Gasteiger partial charge in [0.15, 0.2) is 0 Å². The van der Waals surface area contributed by atoms with Crippen LogP contribution in [0.3, 0.4) is 0 Å². The van der Waals surface area contributed by atoms with Gasteiger partial charge in [0.25, 0.3) is 0 Å². The molecule has 0 amide bonds. The van der Waals surface area contributed by atoms with Gasteiger partial charge in [-0.15, -0.1) is 0 Å². The molecule has 0 heterocycles. The van der Waals surface area contributed by atoms with Gasteiger partial charge >= 0.3 is 0 Å². The second kappa shape index (κ2) is 5.96. The Morgan fingerprint density at radius 1 is 1.26 bits per heavy atom. The molecular weight excluding hydrogens is 234 g/mol. The molecule has 1 atom stereocenters. The quantitative estimate of drug-likeness (QED) is 0.870. The molecule has 1 N–H and O–H groups in total. The van der Waals surface area contributed by atoms with Crippen LogP contribution in [0.2, 0.25) is 0 Å². The molecule has 0 bridgehead atoms. The molecule has 2 heteroatoms. The van der Waals surface area contributed by atoms with Crippen molar-refractivity contribution in [3.05, 3.63) is 35.7 Å². The van der Waals surface area contributed by atoms with Gasteiger partial charge in [0.05, 0.1) is 5.54 Å². The van der Waals surface area contributed by atoms with Gasteiger partial charge in [0, 0.05) is 6.42 Å². The molecule has 2 nitrogen and oxygen atoms in total. The van der Waals surface area contributed by atoms with Gasteiger partial charge in [-0.2, -0.15) is 0 Å². The second-order valence-electron chi connectivity index (χ2n) is 5.54. The average molecular weight is 259 g/mol. The number of nitrogens with zero attached hydrogens (tertiary/aromatic N) is 1. The topological polar surface area (TPSA) is 23.5 Å². The van der Waals surface area contributed by atoms with Crippen molar-refractivity contribution in [3.63, 3.8) is 0 Å². The van der Waals surface area contributed by atoms with E-state index >= 15 is 0 Å². The van der Waals surface area contributed by atoms with E-state index in [0.717, 1.165) is 44.3 Å². The lowest BCUT2D eigenvalue weighted by molar-refractivity contribution is 0.122. The average Bonchev–Trinajstić information content (AvgIpc) is 2.40. The Morgan fingerprint density at radius 3 is 2.58 bits per heavy atom. The summed E-state index contributed by atoms with van der Waals surface area (Å²) in [6.07, 6.45) is 7.78. The summed E-state index contributed by atoms with van der Waals surface area (Å²) in [6.45, 7) is 8.84. The maximum Gasteiger partial charge on any atom is 0.119 e. The molecule has 0 saturated heterocycles. The zero-order valence-electron chi connectivity index (χ0n) is 12.4. The third kappa shape index (κ3) is 2.64. The van der Waals surface area contributed by atoms with Gasteiger partial charge in [-0.1, -0.05) is 26.0 Å². The Bertz CT molecular complexity index is 423. The fraction of sp³-hybridized carbons (Fsp3) is 0.588. The Labute approximate surface area is 117 Å². The van der Waals surface area contributed by atoms with Crippen molar-refractivity contribution in [1.29, 1.82) is 0 Å². The second-order valence-corrected chi connectivity index (χ2v) is 5.54. The molecule has 0 aliphatic heterocycles. The van der Waals surface area contributed by atoms with Crippen LogP contribution in [-0.2, 0) is 12.0 Å². The minimum absolute atomic E-state index is 0.154. The Balaban J connectivity index is 2.41. The van der Waals surface area contributed by atoms with Crippen molar-refractivity contribution in [3.8, 4) is 5.75 Å². The van der Waals surface area contributed by atoms with E-state index in [2.05, 4.69) is 38.2 Å². The Kier molecular flexibility index (Phi) is 4.51. The van der Waals surface area contributed by atoms with Crippen molar-refractivity contribution in [2.45, 2.75) is 52.0 Å². The van der Waals surface area contributed by atoms with E-state index in [1.165, 1.54) is 5.56 Å². The van der Waals surface area contributed by atoms with Gasteiger partial charge in [0.2, 0.25) is 0 Å². The molecule has 2 rings (SSSR count). The van der Waals surface area contributed by atoms with E-state index in [1.807, 2.05) is 6.07 Å². The molecule has 1 aliphatic rings. The molecule has 2 radical (unpaired) electrons. The molecule has 0 aromatic heterocycles. The first-order chi connectivity index (χ1) is 9.13. The molecule has 1 aromatic rings. The van der Waals surface area contributed by atoms with Crippen molar-refractivity contribution in [1.82, 2.24) is 4.90 Å². The summed E-state index contributed by atoms with van der Waals surface area (Å²) in [5, 5.41) is 10.1. The summed E-state index contributed by atoms with van der Waals surface area (Å²) >= 11 is 0. The SMILES string of the molecule is CCCN(CCC)C1(C)[C]CCc2c(O)cccc21. The maximum atomic E-state index is 10.1. The van der Waals surface area contributed by atoms with E-state index < -0.39 is 0 Å². The molecule has 0 spiro atoms. The highest BCUT2D eigenvalue weighted by molar-refractivity contribution is 5.46. The highest BCUT2D eigenvalue weighted by Crippen LogP contribution is 2.42. The van der Waals surface area contributed by atoms with Crippen molar-refractivity contribution >= 4 is 0 Å². The minimum atomic E-state index is -0.154. The summed E-state index contributed by atoms with van der Waals surface area (Å²) < 4.78 is 0. The largest absolute Gasteiger partial charge is 0.508 e. The summed E-state index contributed by atoms with van der Waals surface area (Å²) in [5.74, 6) is 0.443. The van der Waals surface area contributed by atoms with Crippen LogP contribution < -0.4 is 0 Å². The lowest BCUT2D eigenvalue weighted by Gasteiger charge is -2.45. The molecule has 0 saturated carbocycles. The first-order valence-corrected chi connectivity index (χ1v) is 7.45. The highest BCUT2D eigenvalue weighted by Gasteiger charge is 2.38. The first kappa shape index (κ1) is 14.4. The fourth-order valence-electron chi connectivity index (χ4n) is 3.20. The number of rotatable bonds is 5. The number of hydrogen-bond donors (Lipinski definition) is 1. The van der Waals surface area contributed by atoms with Crippen LogP contribution in [0.5, 0.6) is 5.75 Å². The number of fused-ring (bicyclic) bond motifs is 1. The van der Waals surface area contributed by atoms with Gasteiger partial charge in [0.1, 0.15) is 5.75 Å². The first-order valence-electron chi connectivity index (χ1n) is 7.45. The summed E-state index contributed by atoms with van der Waals surface area (Å²) in [7, 11) is 0. The van der Waals surface area contributed by atoms with E-state index in [9.17, 15) is 5.11 Å². The number of phenols is 1. The van der Waals surface area contributed by atoms with Crippen molar-refractivity contribution in [2.24, 2.45) is 0 Å². The zero-order chi connectivity index (χ0) is 13.9. The van der Waals surface area contributed by atoms with Crippen LogP contribution in [0.4, 0.5) is 0 Å². The molecule has 1 unspecified atom stereocenters. The lowest BCUT2D eigenvalue weighted by Crippen LogP contribution is -2.47. The predicted octanol–water partition coefficient (Wildman–Crippen LogP) is 3.76. The number of hydrogen-bond acceptors (Lipinski definition) is 2. The lowest BCUT2D eigenvalue weighted by atomic mass is 9.76. The Hall–Kier alpha value is -1.02. The van der Waals surface area contributed by atoms with Gasteiger partial charge in [-0.3, -0.25) is 4.90 Å². The van der Waals surface area contributed by atoms with Crippen LogP contribution >= 0.6 is 0 Å². The number of aromatic hydroxyl groups is 1. The Morgan fingerprint density at radius 2 is 1.95 bits per heavy atom. The van der Waals surface area contributed by atoms with Crippen molar-refractivity contribution in [2.75, 3.05) is 13.1 Å². The normalized spacial score (nSPS) is 22.5. The minimum Gasteiger partial charge on any atom is -0.508 e. The van der Waals surface area contributed by atoms with Crippen LogP contribution in [0.15, 0.2) is 18.2 Å². The van der Waals surface area contributed by atoms with E-state index in [0.29, 0.717) is 5.75 Å². The van der Waals surface area contributed by atoms with E-state index in [1.54, 1.807) is 6.07 Å². The third-order valence-electron chi connectivity index (χ3n) is 4.14. The maximum absolute atomic E-state index is 10.1. The third-order valence-corrected chi connectivity index (χ3v) is 4.14. The van der Waals surface area contributed by atoms with E-state index in [-0.39, 0.29) is 5.54 Å². The smallest absolute Gasteiger partial charge is 0.119 e. The van der Waals surface area contributed by atoms with Crippen LogP contribution in [0, 0.1) is 6.42 Å². The fourth-order valence-corrected chi connectivity index (χ4v) is 3.20. The predicted molar refractivity (Wildman–Crippen MR) is 79.2 cm³/mol. The zero-order valence-corrected chi connectivity index (χ0v) is 12.4. The molecule has 1 aliphatic carbocycles. The van der Waals surface area contributed by atoms with Crippen LogP contribution in [0.25, 0.3) is 0 Å². The molecule has 104 valence electrons. The number of benzene rings is 1. The van der Waals surface area contributed by atoms with Crippen LogP contribution in [-0.4, -0.2) is 23.1 Å². The standard InChI is InChI=1S/C17H25NO/c1-4-12-18(13-5-2)17(3)11-7-8-14-15(17)9-6-10-16(14)19/h6,9-10,19H,4-5,7-8,12-13H2,1-3H3. The molecule has 0 fully saturated rings.